The summed E-state index contributed by atoms with van der Waals surface area (Å²) in [6, 6.07) is 3.14. The third-order valence-electron chi connectivity index (χ3n) is 3.73. The number of hydrogen-bond acceptors (Lipinski definition) is 2. The van der Waals surface area contributed by atoms with Crippen LogP contribution in [-0.2, 0) is 9.31 Å². The molecule has 1 aliphatic rings. The molecule has 0 saturated carbocycles. The highest BCUT2D eigenvalue weighted by Crippen LogP contribution is 2.39. The number of hydrogen-bond donors (Lipinski definition) is 0. The van der Waals surface area contributed by atoms with Crippen LogP contribution in [0.2, 0.25) is 0 Å². The zero-order valence-corrected chi connectivity index (χ0v) is 11.8. The fourth-order valence-corrected chi connectivity index (χ4v) is 1.79. The van der Waals surface area contributed by atoms with Crippen LogP contribution in [-0.4, -0.2) is 18.3 Å². The van der Waals surface area contributed by atoms with Crippen molar-refractivity contribution >= 4 is 13.2 Å². The molecule has 6 heteroatoms. The summed E-state index contributed by atoms with van der Waals surface area (Å²) in [5.74, 6) is -2.00. The van der Waals surface area contributed by atoms with E-state index in [1.165, 1.54) is 6.07 Å². The summed E-state index contributed by atoms with van der Waals surface area (Å²) >= 11 is 0. The lowest BCUT2D eigenvalue weighted by Gasteiger charge is -2.32. The average Bonchev–Trinajstić information content (AvgIpc) is 2.53. The van der Waals surface area contributed by atoms with Gasteiger partial charge in [0.1, 0.15) is 5.73 Å². The molecule has 2 nitrogen and oxygen atoms in total. The first-order valence-corrected chi connectivity index (χ1v) is 6.30. The molecule has 0 bridgehead atoms. The van der Waals surface area contributed by atoms with Crippen LogP contribution in [0.1, 0.15) is 33.3 Å². The molecule has 20 heavy (non-hydrogen) atoms. The van der Waals surface area contributed by atoms with Gasteiger partial charge in [0.05, 0.1) is 11.2 Å². The molecule has 2 rings (SSSR count). The molecule has 0 atom stereocenters. The van der Waals surface area contributed by atoms with E-state index in [-0.39, 0.29) is 5.56 Å². The smallest absolute Gasteiger partial charge is 0.398 e. The summed E-state index contributed by atoms with van der Waals surface area (Å²) in [5, 5.41) is 0. The van der Waals surface area contributed by atoms with Crippen LogP contribution in [0.5, 0.6) is 0 Å². The van der Waals surface area contributed by atoms with E-state index in [0.717, 1.165) is 18.2 Å². The molecule has 0 radical (unpaired) electrons. The zero-order valence-electron chi connectivity index (χ0n) is 11.8. The molecule has 0 amide bonds. The van der Waals surface area contributed by atoms with Gasteiger partial charge in [-0.2, -0.15) is 0 Å². The Kier molecular flexibility index (Phi) is 3.73. The SMILES string of the molecule is CC1(C)OB(C(F)=Cc2ccc(F)c(F)c2)OC1(C)C. The van der Waals surface area contributed by atoms with Crippen molar-refractivity contribution in [2.45, 2.75) is 38.9 Å². The van der Waals surface area contributed by atoms with Crippen molar-refractivity contribution in [1.29, 1.82) is 0 Å². The minimum atomic E-state index is -1.15. The predicted molar refractivity (Wildman–Crippen MR) is 71.5 cm³/mol. The van der Waals surface area contributed by atoms with Crippen LogP contribution < -0.4 is 0 Å². The minimum Gasteiger partial charge on any atom is -0.398 e. The Morgan fingerprint density at radius 3 is 2.10 bits per heavy atom. The molecule has 0 N–H and O–H groups in total. The molecule has 1 saturated heterocycles. The van der Waals surface area contributed by atoms with Gasteiger partial charge in [-0.15, -0.1) is 0 Å². The number of halogens is 3. The number of rotatable bonds is 2. The monoisotopic (exact) mass is 284 g/mol. The van der Waals surface area contributed by atoms with Crippen LogP contribution >= 0.6 is 0 Å². The van der Waals surface area contributed by atoms with Crippen molar-refractivity contribution in [2.24, 2.45) is 0 Å². The van der Waals surface area contributed by atoms with E-state index in [4.69, 9.17) is 9.31 Å². The Balaban J connectivity index is 2.22. The van der Waals surface area contributed by atoms with Crippen LogP contribution in [0.25, 0.3) is 6.08 Å². The van der Waals surface area contributed by atoms with E-state index in [0.29, 0.717) is 0 Å². The highest BCUT2D eigenvalue weighted by atomic mass is 19.2. The fraction of sp³-hybridized carbons (Fsp3) is 0.429. The lowest BCUT2D eigenvalue weighted by Crippen LogP contribution is -2.41. The molecule has 108 valence electrons. The van der Waals surface area contributed by atoms with Crippen LogP contribution in [0.15, 0.2) is 23.9 Å². The van der Waals surface area contributed by atoms with E-state index in [9.17, 15) is 13.2 Å². The third kappa shape index (κ3) is 2.76. The van der Waals surface area contributed by atoms with Crippen molar-refractivity contribution in [2.75, 3.05) is 0 Å². The Hall–Kier alpha value is -1.27. The molecular weight excluding hydrogens is 268 g/mol. The molecule has 1 heterocycles. The summed E-state index contributed by atoms with van der Waals surface area (Å²) in [4.78, 5) is 0. The zero-order chi connectivity index (χ0) is 15.1. The van der Waals surface area contributed by atoms with E-state index < -0.39 is 35.7 Å². The molecule has 1 aromatic rings. The van der Waals surface area contributed by atoms with Crippen molar-refractivity contribution in [3.05, 3.63) is 41.1 Å². The standard InChI is InChI=1S/C14H16BF3O2/c1-13(2)14(3,4)20-15(19-13)12(18)8-9-5-6-10(16)11(17)7-9/h5-8H,1-4H3. The quantitative estimate of drug-likeness (QED) is 0.767. The molecule has 0 spiro atoms. The Morgan fingerprint density at radius 1 is 1.05 bits per heavy atom. The van der Waals surface area contributed by atoms with Crippen LogP contribution in [0.4, 0.5) is 13.2 Å². The van der Waals surface area contributed by atoms with E-state index in [1.54, 1.807) is 27.7 Å². The van der Waals surface area contributed by atoms with Gasteiger partial charge in [0.2, 0.25) is 0 Å². The molecule has 0 unspecified atom stereocenters. The highest BCUT2D eigenvalue weighted by Gasteiger charge is 2.53. The third-order valence-corrected chi connectivity index (χ3v) is 3.73. The van der Waals surface area contributed by atoms with Gasteiger partial charge in [-0.05, 0) is 51.5 Å². The first-order valence-electron chi connectivity index (χ1n) is 6.30. The molecule has 0 aliphatic carbocycles. The number of benzene rings is 1. The van der Waals surface area contributed by atoms with Gasteiger partial charge in [-0.1, -0.05) is 6.07 Å². The topological polar surface area (TPSA) is 18.5 Å². The summed E-state index contributed by atoms with van der Waals surface area (Å²) in [6.45, 7) is 7.21. The van der Waals surface area contributed by atoms with Gasteiger partial charge >= 0.3 is 7.12 Å². The first-order chi connectivity index (χ1) is 9.12. The van der Waals surface area contributed by atoms with Crippen molar-refractivity contribution in [1.82, 2.24) is 0 Å². The summed E-state index contributed by atoms with van der Waals surface area (Å²) in [6.07, 6.45) is 1.07. The van der Waals surface area contributed by atoms with Crippen molar-refractivity contribution in [3.8, 4) is 0 Å². The average molecular weight is 284 g/mol. The van der Waals surface area contributed by atoms with Gasteiger partial charge in [0.25, 0.3) is 0 Å². The Morgan fingerprint density at radius 2 is 1.60 bits per heavy atom. The van der Waals surface area contributed by atoms with Gasteiger partial charge < -0.3 is 9.31 Å². The van der Waals surface area contributed by atoms with Gasteiger partial charge in [-0.25, -0.2) is 13.2 Å². The normalized spacial score (nSPS) is 21.4. The Labute approximate surface area is 116 Å². The summed E-state index contributed by atoms with van der Waals surface area (Å²) < 4.78 is 51.0. The predicted octanol–water partition coefficient (Wildman–Crippen LogP) is 3.91. The lowest BCUT2D eigenvalue weighted by molar-refractivity contribution is 0.00578. The Bertz CT molecular complexity index is 539. The summed E-state index contributed by atoms with van der Waals surface area (Å²) in [5.41, 5.74) is -1.79. The van der Waals surface area contributed by atoms with Gasteiger partial charge in [0.15, 0.2) is 11.6 Å². The highest BCUT2D eigenvalue weighted by molar-refractivity contribution is 6.54. The fourth-order valence-electron chi connectivity index (χ4n) is 1.79. The molecular formula is C14H16BF3O2. The maximum Gasteiger partial charge on any atom is 0.525 e. The lowest BCUT2D eigenvalue weighted by atomic mass is 9.87. The molecule has 1 fully saturated rings. The van der Waals surface area contributed by atoms with E-state index in [1.807, 2.05) is 0 Å². The minimum absolute atomic E-state index is 0.205. The second-order valence-corrected chi connectivity index (χ2v) is 5.79. The largest absolute Gasteiger partial charge is 0.525 e. The first kappa shape index (κ1) is 15.1. The molecule has 1 aliphatic heterocycles. The summed E-state index contributed by atoms with van der Waals surface area (Å²) in [7, 11) is -1.15. The second kappa shape index (κ2) is 4.93. The van der Waals surface area contributed by atoms with Gasteiger partial charge in [0, 0.05) is 0 Å². The maximum atomic E-state index is 14.1. The van der Waals surface area contributed by atoms with E-state index in [2.05, 4.69) is 0 Å². The molecule has 1 aromatic carbocycles. The maximum absolute atomic E-state index is 14.1. The van der Waals surface area contributed by atoms with Crippen LogP contribution in [0.3, 0.4) is 0 Å². The molecule has 0 aromatic heterocycles. The second-order valence-electron chi connectivity index (χ2n) is 5.79. The van der Waals surface area contributed by atoms with E-state index >= 15 is 0 Å². The van der Waals surface area contributed by atoms with Crippen LogP contribution in [0, 0.1) is 11.6 Å². The van der Waals surface area contributed by atoms with Crippen molar-refractivity contribution < 1.29 is 22.5 Å². The van der Waals surface area contributed by atoms with Gasteiger partial charge in [-0.3, -0.25) is 0 Å². The van der Waals surface area contributed by atoms with Crippen molar-refractivity contribution in [3.63, 3.8) is 0 Å².